The molecule has 0 aromatic carbocycles. The van der Waals surface area contributed by atoms with Crippen molar-refractivity contribution >= 4 is 38.4 Å². The molecule has 3 aromatic rings. The summed E-state index contributed by atoms with van der Waals surface area (Å²) in [4.78, 5) is 13.2. The fourth-order valence-electron chi connectivity index (χ4n) is 1.59. The Bertz CT molecular complexity index is 656. The number of aromatic amines is 1. The van der Waals surface area contributed by atoms with Crippen LogP contribution in [0.2, 0.25) is 0 Å². The number of thiophene rings is 1. The third-order valence-corrected chi connectivity index (χ3v) is 4.04. The van der Waals surface area contributed by atoms with Gasteiger partial charge in [-0.2, -0.15) is 0 Å². The summed E-state index contributed by atoms with van der Waals surface area (Å²) in [6, 6.07) is 6.05. The van der Waals surface area contributed by atoms with Crippen molar-refractivity contribution < 1.29 is 0 Å². The first-order valence-corrected chi connectivity index (χ1v) is 6.42. The molecule has 0 radical (unpaired) electrons. The molecule has 0 amide bonds. The van der Waals surface area contributed by atoms with Gasteiger partial charge in [0.1, 0.15) is 0 Å². The molecule has 0 bridgehead atoms. The Kier molecular flexibility index (Phi) is 2.29. The second-order valence-electron chi connectivity index (χ2n) is 3.52. The SMILES string of the molecule is Cc1ccnc2nc(-c3ccc(Br)s3)[nH]c12. The van der Waals surface area contributed by atoms with Gasteiger partial charge >= 0.3 is 0 Å². The summed E-state index contributed by atoms with van der Waals surface area (Å²) in [5.41, 5.74) is 2.96. The van der Waals surface area contributed by atoms with Crippen LogP contribution in [0.15, 0.2) is 28.2 Å². The van der Waals surface area contributed by atoms with Gasteiger partial charge in [-0.3, -0.25) is 0 Å². The molecule has 0 fully saturated rings. The molecule has 0 aliphatic carbocycles. The van der Waals surface area contributed by atoms with Gasteiger partial charge in [0, 0.05) is 6.20 Å². The molecule has 3 nitrogen and oxygen atoms in total. The van der Waals surface area contributed by atoms with Gasteiger partial charge in [-0.25, -0.2) is 9.97 Å². The third kappa shape index (κ3) is 1.56. The normalized spacial score (nSPS) is 11.1. The molecular formula is C11H8BrN3S. The van der Waals surface area contributed by atoms with Crippen molar-refractivity contribution in [1.29, 1.82) is 0 Å². The minimum Gasteiger partial charge on any atom is -0.336 e. The summed E-state index contributed by atoms with van der Waals surface area (Å²) in [6.07, 6.45) is 1.78. The third-order valence-electron chi connectivity index (χ3n) is 2.41. The maximum absolute atomic E-state index is 4.48. The summed E-state index contributed by atoms with van der Waals surface area (Å²) < 4.78 is 1.10. The van der Waals surface area contributed by atoms with Crippen molar-refractivity contribution in [3.63, 3.8) is 0 Å². The van der Waals surface area contributed by atoms with Crippen LogP contribution in [0.3, 0.4) is 0 Å². The smallest absolute Gasteiger partial charge is 0.178 e. The van der Waals surface area contributed by atoms with Crippen molar-refractivity contribution in [3.8, 4) is 10.7 Å². The highest BCUT2D eigenvalue weighted by Crippen LogP contribution is 2.30. The minimum absolute atomic E-state index is 0.777. The van der Waals surface area contributed by atoms with E-state index in [1.54, 1.807) is 17.5 Å². The standard InChI is InChI=1S/C11H8BrN3S/c1-6-4-5-13-11-9(6)14-10(15-11)7-2-3-8(12)16-7/h2-5H,1H3,(H,13,14,15). The van der Waals surface area contributed by atoms with Gasteiger partial charge in [0.05, 0.1) is 14.2 Å². The molecule has 0 saturated carbocycles. The maximum atomic E-state index is 4.48. The topological polar surface area (TPSA) is 41.6 Å². The van der Waals surface area contributed by atoms with Crippen LogP contribution in [0.4, 0.5) is 0 Å². The first kappa shape index (κ1) is 9.99. The summed E-state index contributed by atoms with van der Waals surface area (Å²) in [5, 5.41) is 0. The van der Waals surface area contributed by atoms with Crippen LogP contribution in [0, 0.1) is 6.92 Å². The Hall–Kier alpha value is -1.20. The number of rotatable bonds is 1. The lowest BCUT2D eigenvalue weighted by atomic mass is 10.3. The number of aromatic nitrogens is 3. The molecule has 0 spiro atoms. The fraction of sp³-hybridized carbons (Fsp3) is 0.0909. The van der Waals surface area contributed by atoms with Crippen molar-refractivity contribution in [1.82, 2.24) is 15.0 Å². The van der Waals surface area contributed by atoms with Gasteiger partial charge in [0.15, 0.2) is 11.5 Å². The fourth-order valence-corrected chi connectivity index (χ4v) is 2.92. The Morgan fingerprint density at radius 2 is 2.19 bits per heavy atom. The summed E-state index contributed by atoms with van der Waals surface area (Å²) in [5.74, 6) is 0.882. The van der Waals surface area contributed by atoms with E-state index in [-0.39, 0.29) is 0 Å². The molecule has 0 aliphatic heterocycles. The summed E-state index contributed by atoms with van der Waals surface area (Å²) in [6.45, 7) is 2.05. The number of fused-ring (bicyclic) bond motifs is 1. The zero-order chi connectivity index (χ0) is 11.1. The molecule has 5 heteroatoms. The quantitative estimate of drug-likeness (QED) is 0.742. The second kappa shape index (κ2) is 3.68. The van der Waals surface area contributed by atoms with E-state index in [0.717, 1.165) is 25.7 Å². The molecule has 0 atom stereocenters. The molecule has 3 rings (SSSR count). The zero-order valence-corrected chi connectivity index (χ0v) is 10.9. The van der Waals surface area contributed by atoms with Crippen LogP contribution in [0.1, 0.15) is 5.56 Å². The lowest BCUT2D eigenvalue weighted by Gasteiger charge is -1.90. The summed E-state index contributed by atoms with van der Waals surface area (Å²) >= 11 is 5.11. The predicted octanol–water partition coefficient (Wildman–Crippen LogP) is 3.76. The highest BCUT2D eigenvalue weighted by molar-refractivity contribution is 9.11. The van der Waals surface area contributed by atoms with Crippen LogP contribution in [-0.4, -0.2) is 15.0 Å². The number of H-pyrrole nitrogens is 1. The average Bonchev–Trinajstić information content (AvgIpc) is 2.84. The highest BCUT2D eigenvalue weighted by atomic mass is 79.9. The molecule has 80 valence electrons. The number of nitrogens with one attached hydrogen (secondary N) is 1. The Morgan fingerprint density at radius 1 is 1.31 bits per heavy atom. The number of pyridine rings is 1. The summed E-state index contributed by atoms with van der Waals surface area (Å²) in [7, 11) is 0. The Labute approximate surface area is 105 Å². The van der Waals surface area contributed by atoms with E-state index >= 15 is 0 Å². The molecule has 0 saturated heterocycles. The van der Waals surface area contributed by atoms with E-state index in [4.69, 9.17) is 0 Å². The maximum Gasteiger partial charge on any atom is 0.178 e. The van der Waals surface area contributed by atoms with Crippen molar-refractivity contribution in [2.24, 2.45) is 0 Å². The molecular weight excluding hydrogens is 286 g/mol. The molecule has 3 heterocycles. The van der Waals surface area contributed by atoms with Crippen molar-refractivity contribution in [3.05, 3.63) is 33.7 Å². The number of imidazole rings is 1. The van der Waals surface area contributed by atoms with Gasteiger partial charge in [-0.15, -0.1) is 11.3 Å². The second-order valence-corrected chi connectivity index (χ2v) is 5.98. The largest absolute Gasteiger partial charge is 0.336 e. The number of aryl methyl sites for hydroxylation is 1. The van der Waals surface area contributed by atoms with Crippen LogP contribution in [0.25, 0.3) is 21.9 Å². The monoisotopic (exact) mass is 293 g/mol. The first-order chi connectivity index (χ1) is 7.74. The van der Waals surface area contributed by atoms with Crippen LogP contribution in [-0.2, 0) is 0 Å². The van der Waals surface area contributed by atoms with Crippen LogP contribution >= 0.6 is 27.3 Å². The van der Waals surface area contributed by atoms with E-state index in [1.807, 2.05) is 18.2 Å². The van der Waals surface area contributed by atoms with E-state index < -0.39 is 0 Å². The minimum atomic E-state index is 0.777. The Morgan fingerprint density at radius 3 is 2.88 bits per heavy atom. The average molecular weight is 294 g/mol. The van der Waals surface area contributed by atoms with Crippen LogP contribution < -0.4 is 0 Å². The lowest BCUT2D eigenvalue weighted by molar-refractivity contribution is 1.31. The molecule has 16 heavy (non-hydrogen) atoms. The molecule has 3 aromatic heterocycles. The van der Waals surface area contributed by atoms with E-state index in [2.05, 4.69) is 37.8 Å². The van der Waals surface area contributed by atoms with Crippen LogP contribution in [0.5, 0.6) is 0 Å². The van der Waals surface area contributed by atoms with Gasteiger partial charge in [-0.1, -0.05) is 0 Å². The van der Waals surface area contributed by atoms with E-state index in [1.165, 1.54) is 5.56 Å². The number of halogens is 1. The lowest BCUT2D eigenvalue weighted by Crippen LogP contribution is -1.78. The van der Waals surface area contributed by atoms with Crippen molar-refractivity contribution in [2.75, 3.05) is 0 Å². The zero-order valence-electron chi connectivity index (χ0n) is 8.49. The van der Waals surface area contributed by atoms with Gasteiger partial charge in [0.2, 0.25) is 0 Å². The van der Waals surface area contributed by atoms with Gasteiger partial charge < -0.3 is 4.98 Å². The Balaban J connectivity index is 2.22. The molecule has 1 N–H and O–H groups in total. The highest BCUT2D eigenvalue weighted by Gasteiger charge is 2.09. The molecule has 0 unspecified atom stereocenters. The van der Waals surface area contributed by atoms with E-state index in [0.29, 0.717) is 0 Å². The number of nitrogens with zero attached hydrogens (tertiary/aromatic N) is 2. The molecule has 0 aliphatic rings. The number of hydrogen-bond donors (Lipinski definition) is 1. The number of hydrogen-bond acceptors (Lipinski definition) is 3. The van der Waals surface area contributed by atoms with Gasteiger partial charge in [-0.05, 0) is 46.6 Å². The van der Waals surface area contributed by atoms with Gasteiger partial charge in [0.25, 0.3) is 0 Å². The van der Waals surface area contributed by atoms with E-state index in [9.17, 15) is 0 Å². The first-order valence-electron chi connectivity index (χ1n) is 4.81. The van der Waals surface area contributed by atoms with Crippen molar-refractivity contribution in [2.45, 2.75) is 6.92 Å². The predicted molar refractivity (Wildman–Crippen MR) is 69.6 cm³/mol.